The van der Waals surface area contributed by atoms with E-state index in [9.17, 15) is 10.1 Å². The van der Waals surface area contributed by atoms with Gasteiger partial charge in [0.05, 0.1) is 24.2 Å². The van der Waals surface area contributed by atoms with Gasteiger partial charge < -0.3 is 9.64 Å². The van der Waals surface area contributed by atoms with Crippen molar-refractivity contribution < 1.29 is 9.53 Å². The molecule has 0 spiro atoms. The van der Waals surface area contributed by atoms with Gasteiger partial charge in [-0.3, -0.25) is 4.79 Å². The van der Waals surface area contributed by atoms with Crippen molar-refractivity contribution in [2.75, 3.05) is 25.1 Å². The van der Waals surface area contributed by atoms with Crippen molar-refractivity contribution in [1.82, 2.24) is 9.97 Å². The van der Waals surface area contributed by atoms with Crippen molar-refractivity contribution in [3.8, 4) is 6.07 Å². The molecule has 26 heavy (non-hydrogen) atoms. The third-order valence-electron chi connectivity index (χ3n) is 4.28. The lowest BCUT2D eigenvalue weighted by Crippen LogP contribution is -2.29. The average Bonchev–Trinajstić information content (AvgIpc) is 2.68. The fourth-order valence-corrected chi connectivity index (χ4v) is 2.80. The van der Waals surface area contributed by atoms with Crippen LogP contribution in [0.2, 0.25) is 0 Å². The molecule has 2 rings (SSSR count). The molecular formula is C20H26N4O2. The molecule has 0 saturated heterocycles. The normalized spacial score (nSPS) is 11.8. The summed E-state index contributed by atoms with van der Waals surface area (Å²) < 4.78 is 4.82. The Bertz CT molecular complexity index is 777. The number of esters is 1. The Labute approximate surface area is 154 Å². The van der Waals surface area contributed by atoms with Crippen LogP contribution in [0.15, 0.2) is 24.3 Å². The van der Waals surface area contributed by atoms with Crippen molar-refractivity contribution in [2.24, 2.45) is 0 Å². The first-order valence-electron chi connectivity index (χ1n) is 9.15. The molecular weight excluding hydrogens is 328 g/mol. The first-order chi connectivity index (χ1) is 12.7. The molecule has 0 aliphatic carbocycles. The first-order valence-corrected chi connectivity index (χ1v) is 9.15. The molecule has 0 N–H and O–H groups in total. The van der Waals surface area contributed by atoms with Crippen LogP contribution < -0.4 is 4.90 Å². The average molecular weight is 354 g/mol. The van der Waals surface area contributed by atoms with Crippen molar-refractivity contribution in [3.63, 3.8) is 0 Å². The van der Waals surface area contributed by atoms with Crippen LogP contribution in [0.4, 0.5) is 5.82 Å². The van der Waals surface area contributed by atoms with Crippen LogP contribution in [0, 0.1) is 11.3 Å². The summed E-state index contributed by atoms with van der Waals surface area (Å²) >= 11 is 0. The quantitative estimate of drug-likeness (QED) is 0.637. The third-order valence-corrected chi connectivity index (χ3v) is 4.28. The number of methoxy groups -OCH3 is 1. The Morgan fingerprint density at radius 2 is 1.73 bits per heavy atom. The highest BCUT2D eigenvalue weighted by molar-refractivity contribution is 5.85. The van der Waals surface area contributed by atoms with E-state index in [1.807, 2.05) is 30.3 Å². The smallest absolute Gasteiger partial charge is 0.329 e. The summed E-state index contributed by atoms with van der Waals surface area (Å²) in [5, 5.41) is 9.57. The van der Waals surface area contributed by atoms with Crippen molar-refractivity contribution >= 4 is 22.8 Å². The van der Waals surface area contributed by atoms with Gasteiger partial charge in [0.2, 0.25) is 0 Å². The number of hydrogen-bond acceptors (Lipinski definition) is 6. The van der Waals surface area contributed by atoms with Crippen LogP contribution in [0.25, 0.3) is 11.0 Å². The van der Waals surface area contributed by atoms with E-state index in [0.717, 1.165) is 44.3 Å². The molecule has 6 heteroatoms. The zero-order valence-electron chi connectivity index (χ0n) is 15.7. The predicted molar refractivity (Wildman–Crippen MR) is 102 cm³/mol. The lowest BCUT2D eigenvalue weighted by Gasteiger charge is -2.26. The van der Waals surface area contributed by atoms with Gasteiger partial charge in [0.25, 0.3) is 0 Å². The van der Waals surface area contributed by atoms with Crippen LogP contribution >= 0.6 is 0 Å². The number of ether oxygens (including phenoxy) is 1. The molecule has 1 heterocycles. The third kappa shape index (κ3) is 4.48. The molecule has 0 amide bonds. The maximum Gasteiger partial charge on any atom is 0.329 e. The molecule has 138 valence electrons. The lowest BCUT2D eigenvalue weighted by molar-refractivity contribution is -0.141. The van der Waals surface area contributed by atoms with Crippen LogP contribution in [-0.2, 0) is 9.53 Å². The summed E-state index contributed by atoms with van der Waals surface area (Å²) in [4.78, 5) is 23.7. The van der Waals surface area contributed by atoms with E-state index in [-0.39, 0.29) is 0 Å². The number of rotatable bonds is 9. The summed E-state index contributed by atoms with van der Waals surface area (Å²) in [6.07, 6.45) is 4.12. The molecule has 0 fully saturated rings. The van der Waals surface area contributed by atoms with Gasteiger partial charge in [-0.1, -0.05) is 38.8 Å². The second-order valence-electron chi connectivity index (χ2n) is 6.20. The van der Waals surface area contributed by atoms with E-state index < -0.39 is 11.9 Å². The van der Waals surface area contributed by atoms with Gasteiger partial charge in [0.15, 0.2) is 11.7 Å². The SMILES string of the molecule is CCCCN(CCCC)c1nc2ccccc2nc1C(C#N)C(=O)OC. The standard InChI is InChI=1S/C20H26N4O2/c1-4-6-12-24(13-7-5-2)19-18(15(14-21)20(25)26-3)22-16-10-8-9-11-17(16)23-19/h8-11,15H,4-7,12-13H2,1-3H3. The van der Waals surface area contributed by atoms with Gasteiger partial charge in [0.1, 0.15) is 5.69 Å². The molecule has 0 radical (unpaired) electrons. The summed E-state index contributed by atoms with van der Waals surface area (Å²) in [6.45, 7) is 5.90. The van der Waals surface area contributed by atoms with Gasteiger partial charge in [-0.25, -0.2) is 9.97 Å². The molecule has 0 aliphatic heterocycles. The maximum atomic E-state index is 12.2. The number of aromatic nitrogens is 2. The largest absolute Gasteiger partial charge is 0.468 e. The number of anilines is 1. The Hall–Kier alpha value is -2.68. The number of para-hydroxylation sites is 2. The van der Waals surface area contributed by atoms with Gasteiger partial charge >= 0.3 is 5.97 Å². The lowest BCUT2D eigenvalue weighted by atomic mass is 10.1. The summed E-state index contributed by atoms with van der Waals surface area (Å²) in [7, 11) is 1.28. The van der Waals surface area contributed by atoms with E-state index in [2.05, 4.69) is 23.7 Å². The zero-order valence-corrected chi connectivity index (χ0v) is 15.7. The first kappa shape index (κ1) is 19.6. The molecule has 0 aliphatic rings. The number of carbonyl (C=O) groups is 1. The second-order valence-corrected chi connectivity index (χ2v) is 6.20. The molecule has 1 unspecified atom stereocenters. The molecule has 0 saturated carbocycles. The van der Waals surface area contributed by atoms with E-state index in [1.165, 1.54) is 7.11 Å². The van der Waals surface area contributed by atoms with Crippen molar-refractivity contribution in [1.29, 1.82) is 5.26 Å². The minimum Gasteiger partial charge on any atom is -0.468 e. The summed E-state index contributed by atoms with van der Waals surface area (Å²) in [5.74, 6) is -1.08. The van der Waals surface area contributed by atoms with Crippen LogP contribution in [0.5, 0.6) is 0 Å². The Morgan fingerprint density at radius 1 is 1.15 bits per heavy atom. The monoisotopic (exact) mass is 354 g/mol. The fraction of sp³-hybridized carbons (Fsp3) is 0.500. The number of benzene rings is 1. The van der Waals surface area contributed by atoms with E-state index in [4.69, 9.17) is 9.72 Å². The predicted octanol–water partition coefficient (Wildman–Crippen LogP) is 3.82. The van der Waals surface area contributed by atoms with Gasteiger partial charge in [-0.15, -0.1) is 0 Å². The second kappa shape index (κ2) is 9.71. The number of hydrogen-bond donors (Lipinski definition) is 0. The van der Waals surface area contributed by atoms with Crippen LogP contribution in [0.3, 0.4) is 0 Å². The summed E-state index contributed by atoms with van der Waals surface area (Å²) in [5.41, 5.74) is 1.80. The minimum atomic E-state index is -1.09. The number of nitrogens with zero attached hydrogens (tertiary/aromatic N) is 4. The summed E-state index contributed by atoms with van der Waals surface area (Å²) in [6, 6.07) is 9.55. The van der Waals surface area contributed by atoms with Crippen LogP contribution in [0.1, 0.15) is 51.1 Å². The zero-order chi connectivity index (χ0) is 18.9. The van der Waals surface area contributed by atoms with E-state index in [0.29, 0.717) is 17.0 Å². The number of unbranched alkanes of at least 4 members (excludes halogenated alkanes) is 2. The number of carbonyl (C=O) groups excluding carboxylic acids is 1. The van der Waals surface area contributed by atoms with Gasteiger partial charge in [-0.05, 0) is 25.0 Å². The highest BCUT2D eigenvalue weighted by atomic mass is 16.5. The van der Waals surface area contributed by atoms with Gasteiger partial charge in [-0.2, -0.15) is 5.26 Å². The van der Waals surface area contributed by atoms with Crippen molar-refractivity contribution in [3.05, 3.63) is 30.0 Å². The Kier molecular flexibility index (Phi) is 7.34. The molecule has 6 nitrogen and oxygen atoms in total. The molecule has 0 bridgehead atoms. The van der Waals surface area contributed by atoms with E-state index >= 15 is 0 Å². The highest BCUT2D eigenvalue weighted by Crippen LogP contribution is 2.28. The molecule has 1 aromatic carbocycles. The Morgan fingerprint density at radius 3 is 2.23 bits per heavy atom. The van der Waals surface area contributed by atoms with Crippen molar-refractivity contribution in [2.45, 2.75) is 45.4 Å². The highest BCUT2D eigenvalue weighted by Gasteiger charge is 2.29. The van der Waals surface area contributed by atoms with E-state index in [1.54, 1.807) is 0 Å². The number of fused-ring (bicyclic) bond motifs is 1. The molecule has 2 aromatic rings. The van der Waals surface area contributed by atoms with Crippen LogP contribution in [-0.4, -0.2) is 36.1 Å². The fourth-order valence-electron chi connectivity index (χ4n) is 2.80. The maximum absolute atomic E-state index is 12.2. The molecule has 1 aromatic heterocycles. The van der Waals surface area contributed by atoms with Gasteiger partial charge in [0, 0.05) is 13.1 Å². The molecule has 1 atom stereocenters. The minimum absolute atomic E-state index is 0.380. The Balaban J connectivity index is 2.60. The number of nitriles is 1. The topological polar surface area (TPSA) is 79.1 Å².